The van der Waals surface area contributed by atoms with Crippen molar-refractivity contribution in [1.82, 2.24) is 9.78 Å². The van der Waals surface area contributed by atoms with E-state index in [2.05, 4.69) is 57.9 Å². The lowest BCUT2D eigenvalue weighted by molar-refractivity contribution is 0.345. The molecule has 0 aliphatic heterocycles. The number of benzene rings is 1. The molecular formula is C16H22N2O. The summed E-state index contributed by atoms with van der Waals surface area (Å²) in [5, 5.41) is 14.9. The summed E-state index contributed by atoms with van der Waals surface area (Å²) in [4.78, 5) is 0. The zero-order valence-electron chi connectivity index (χ0n) is 12.6. The first-order valence-electron chi connectivity index (χ1n) is 6.58. The van der Waals surface area contributed by atoms with Crippen molar-refractivity contribution in [1.29, 1.82) is 0 Å². The zero-order chi connectivity index (χ0) is 14.4. The minimum absolute atomic E-state index is 0.140. The molecule has 0 saturated heterocycles. The van der Waals surface area contributed by atoms with Crippen LogP contribution < -0.4 is 0 Å². The number of hydrogen-bond donors (Lipinski definition) is 1. The van der Waals surface area contributed by atoms with Crippen molar-refractivity contribution >= 4 is 0 Å². The molecule has 0 spiro atoms. The van der Waals surface area contributed by atoms with E-state index in [1.165, 1.54) is 11.1 Å². The summed E-state index contributed by atoms with van der Waals surface area (Å²) >= 11 is 0. The third kappa shape index (κ3) is 2.50. The van der Waals surface area contributed by atoms with Crippen LogP contribution in [0.4, 0.5) is 0 Å². The molecule has 0 radical (unpaired) electrons. The van der Waals surface area contributed by atoms with Crippen LogP contribution in [0.1, 0.15) is 37.6 Å². The lowest BCUT2D eigenvalue weighted by Crippen LogP contribution is -2.24. The summed E-state index contributed by atoms with van der Waals surface area (Å²) in [5.74, 6) is 0.278. The average Bonchev–Trinajstić information content (AvgIpc) is 2.54. The molecule has 2 aromatic rings. The lowest BCUT2D eigenvalue weighted by atomic mass is 10.0. The molecule has 1 aromatic carbocycles. The van der Waals surface area contributed by atoms with Gasteiger partial charge in [-0.3, -0.25) is 4.68 Å². The molecule has 0 fully saturated rings. The van der Waals surface area contributed by atoms with Gasteiger partial charge in [0.15, 0.2) is 5.75 Å². The van der Waals surface area contributed by atoms with Gasteiger partial charge in [0, 0.05) is 5.56 Å². The molecule has 1 N–H and O–H groups in total. The second-order valence-electron chi connectivity index (χ2n) is 6.24. The van der Waals surface area contributed by atoms with Crippen molar-refractivity contribution in [2.45, 2.75) is 47.1 Å². The minimum Gasteiger partial charge on any atom is -0.504 e. The standard InChI is InChI=1S/C16H22N2O/c1-10-7-11(2)9-13(8-10)14-15(19)12(3)18(17-14)16(4,5)6/h7-9,19H,1-6H3. The molecule has 1 aromatic heterocycles. The van der Waals surface area contributed by atoms with Crippen LogP contribution in [0.3, 0.4) is 0 Å². The number of aromatic nitrogens is 2. The first-order chi connectivity index (χ1) is 8.70. The van der Waals surface area contributed by atoms with Gasteiger partial charge in [0.25, 0.3) is 0 Å². The van der Waals surface area contributed by atoms with Gasteiger partial charge >= 0.3 is 0 Å². The third-order valence-corrected chi connectivity index (χ3v) is 3.22. The number of aryl methyl sites for hydroxylation is 2. The third-order valence-electron chi connectivity index (χ3n) is 3.22. The van der Waals surface area contributed by atoms with Crippen LogP contribution in [-0.2, 0) is 5.54 Å². The Morgan fingerprint density at radius 3 is 1.95 bits per heavy atom. The summed E-state index contributed by atoms with van der Waals surface area (Å²) in [5.41, 5.74) is 4.66. The molecule has 0 saturated carbocycles. The predicted octanol–water partition coefficient (Wildman–Crippen LogP) is 3.94. The van der Waals surface area contributed by atoms with Gasteiger partial charge in [-0.05, 0) is 53.7 Å². The van der Waals surface area contributed by atoms with Crippen molar-refractivity contribution < 1.29 is 5.11 Å². The molecule has 19 heavy (non-hydrogen) atoms. The van der Waals surface area contributed by atoms with Gasteiger partial charge in [-0.25, -0.2) is 0 Å². The van der Waals surface area contributed by atoms with E-state index in [1.807, 2.05) is 11.6 Å². The average molecular weight is 258 g/mol. The Bertz CT molecular complexity index is 598. The lowest BCUT2D eigenvalue weighted by Gasteiger charge is -2.20. The number of rotatable bonds is 1. The molecule has 0 bridgehead atoms. The second kappa shape index (κ2) is 4.41. The molecule has 2 rings (SSSR count). The maximum absolute atomic E-state index is 10.3. The van der Waals surface area contributed by atoms with Crippen molar-refractivity contribution in [3.05, 3.63) is 35.0 Å². The summed E-state index contributed by atoms with van der Waals surface area (Å²) in [6.45, 7) is 12.3. The Kier molecular flexibility index (Phi) is 3.17. The highest BCUT2D eigenvalue weighted by Crippen LogP contribution is 2.34. The quantitative estimate of drug-likeness (QED) is 0.841. The van der Waals surface area contributed by atoms with E-state index in [9.17, 15) is 5.11 Å². The van der Waals surface area contributed by atoms with Crippen LogP contribution in [0.15, 0.2) is 18.2 Å². The summed E-state index contributed by atoms with van der Waals surface area (Å²) in [6.07, 6.45) is 0. The number of aromatic hydroxyl groups is 1. The highest BCUT2D eigenvalue weighted by molar-refractivity contribution is 5.68. The van der Waals surface area contributed by atoms with Crippen molar-refractivity contribution in [3.8, 4) is 17.0 Å². The first-order valence-corrected chi connectivity index (χ1v) is 6.58. The summed E-state index contributed by atoms with van der Waals surface area (Å²) in [7, 11) is 0. The van der Waals surface area contributed by atoms with Crippen LogP contribution in [-0.4, -0.2) is 14.9 Å². The Labute approximate surface area is 114 Å². The Hall–Kier alpha value is -1.77. The Balaban J connectivity index is 2.64. The number of nitrogens with zero attached hydrogens (tertiary/aromatic N) is 2. The van der Waals surface area contributed by atoms with E-state index in [0.29, 0.717) is 5.69 Å². The highest BCUT2D eigenvalue weighted by Gasteiger charge is 2.23. The van der Waals surface area contributed by atoms with Gasteiger partial charge in [0.2, 0.25) is 0 Å². The highest BCUT2D eigenvalue weighted by atomic mass is 16.3. The predicted molar refractivity (Wildman–Crippen MR) is 78.5 cm³/mol. The molecule has 0 aliphatic rings. The van der Waals surface area contributed by atoms with E-state index < -0.39 is 0 Å². The van der Waals surface area contributed by atoms with Gasteiger partial charge in [-0.2, -0.15) is 5.10 Å². The topological polar surface area (TPSA) is 38.0 Å². The van der Waals surface area contributed by atoms with E-state index in [-0.39, 0.29) is 11.3 Å². The van der Waals surface area contributed by atoms with E-state index in [1.54, 1.807) is 0 Å². The first kappa shape index (κ1) is 13.7. The SMILES string of the molecule is Cc1cc(C)cc(-c2nn(C(C)(C)C)c(C)c2O)c1. The fourth-order valence-corrected chi connectivity index (χ4v) is 2.45. The molecular weight excluding hydrogens is 236 g/mol. The van der Waals surface area contributed by atoms with Crippen LogP contribution >= 0.6 is 0 Å². The van der Waals surface area contributed by atoms with Crippen LogP contribution in [0, 0.1) is 20.8 Å². The van der Waals surface area contributed by atoms with Crippen LogP contribution in [0.5, 0.6) is 5.75 Å². The van der Waals surface area contributed by atoms with Gasteiger partial charge in [-0.15, -0.1) is 0 Å². The van der Waals surface area contributed by atoms with Gasteiger partial charge in [0.05, 0.1) is 11.2 Å². The summed E-state index contributed by atoms with van der Waals surface area (Å²) in [6, 6.07) is 6.23. The Morgan fingerprint density at radius 1 is 1.00 bits per heavy atom. The molecule has 3 nitrogen and oxygen atoms in total. The fraction of sp³-hybridized carbons (Fsp3) is 0.438. The van der Waals surface area contributed by atoms with Crippen LogP contribution in [0.2, 0.25) is 0 Å². The molecule has 0 atom stereocenters. The van der Waals surface area contributed by atoms with Gasteiger partial charge in [-0.1, -0.05) is 17.2 Å². The fourth-order valence-electron chi connectivity index (χ4n) is 2.45. The molecule has 3 heteroatoms. The molecule has 0 unspecified atom stereocenters. The van der Waals surface area contributed by atoms with E-state index in [0.717, 1.165) is 11.3 Å². The van der Waals surface area contributed by atoms with E-state index in [4.69, 9.17) is 0 Å². The maximum atomic E-state index is 10.3. The molecule has 0 aliphatic carbocycles. The van der Waals surface area contributed by atoms with Crippen LogP contribution in [0.25, 0.3) is 11.3 Å². The summed E-state index contributed by atoms with van der Waals surface area (Å²) < 4.78 is 1.88. The second-order valence-corrected chi connectivity index (χ2v) is 6.24. The van der Waals surface area contributed by atoms with Gasteiger partial charge in [0.1, 0.15) is 5.69 Å². The zero-order valence-corrected chi connectivity index (χ0v) is 12.6. The Morgan fingerprint density at radius 2 is 1.53 bits per heavy atom. The monoisotopic (exact) mass is 258 g/mol. The molecule has 0 amide bonds. The largest absolute Gasteiger partial charge is 0.504 e. The molecule has 1 heterocycles. The normalized spacial score (nSPS) is 11.9. The maximum Gasteiger partial charge on any atom is 0.164 e. The van der Waals surface area contributed by atoms with E-state index >= 15 is 0 Å². The van der Waals surface area contributed by atoms with Gasteiger partial charge < -0.3 is 5.11 Å². The minimum atomic E-state index is -0.140. The van der Waals surface area contributed by atoms with Crippen molar-refractivity contribution in [2.24, 2.45) is 0 Å². The van der Waals surface area contributed by atoms with Crippen molar-refractivity contribution in [2.75, 3.05) is 0 Å². The number of hydrogen-bond acceptors (Lipinski definition) is 2. The van der Waals surface area contributed by atoms with Crippen molar-refractivity contribution in [3.63, 3.8) is 0 Å². The smallest absolute Gasteiger partial charge is 0.164 e. The molecule has 102 valence electrons.